The maximum absolute atomic E-state index is 12.0. The maximum atomic E-state index is 12.0. The molecule has 3 N–H and O–H groups in total. The average molecular weight is 334 g/mol. The van der Waals surface area contributed by atoms with Crippen molar-refractivity contribution in [3.8, 4) is 11.3 Å². The van der Waals surface area contributed by atoms with Crippen LogP contribution in [0.2, 0.25) is 5.15 Å². The minimum Gasteiger partial charge on any atom is -0.461 e. The number of aromatic nitrogens is 4. The van der Waals surface area contributed by atoms with Gasteiger partial charge in [0.15, 0.2) is 5.82 Å². The molecule has 0 unspecified atom stereocenters. The number of ether oxygens (including phenoxy) is 1. The molecule has 3 rings (SSSR count). The van der Waals surface area contributed by atoms with E-state index < -0.39 is 5.97 Å². The lowest BCUT2D eigenvalue weighted by molar-refractivity contribution is -0.138. The Morgan fingerprint density at radius 3 is 2.87 bits per heavy atom. The van der Waals surface area contributed by atoms with E-state index in [-0.39, 0.29) is 23.4 Å². The van der Waals surface area contributed by atoms with Crippen LogP contribution in [0.15, 0.2) is 24.2 Å². The molecule has 1 aliphatic rings. The summed E-state index contributed by atoms with van der Waals surface area (Å²) in [5.74, 6) is -0.0281. The third-order valence-corrected chi connectivity index (χ3v) is 3.69. The van der Waals surface area contributed by atoms with E-state index in [2.05, 4.69) is 20.2 Å². The predicted molar refractivity (Wildman–Crippen MR) is 85.1 cm³/mol. The Balaban J connectivity index is 2.07. The number of hydrogen-bond acceptors (Lipinski definition) is 6. The minimum absolute atomic E-state index is 0.0507. The van der Waals surface area contributed by atoms with Crippen molar-refractivity contribution in [3.05, 3.63) is 35.1 Å². The summed E-state index contributed by atoms with van der Waals surface area (Å²) in [6, 6.07) is 1.64. The van der Waals surface area contributed by atoms with Gasteiger partial charge >= 0.3 is 5.97 Å². The lowest BCUT2D eigenvalue weighted by Crippen LogP contribution is -2.18. The van der Waals surface area contributed by atoms with Gasteiger partial charge < -0.3 is 10.5 Å². The van der Waals surface area contributed by atoms with E-state index in [0.29, 0.717) is 17.1 Å². The van der Waals surface area contributed by atoms with Crippen LogP contribution in [0.25, 0.3) is 16.8 Å². The summed E-state index contributed by atoms with van der Waals surface area (Å²) in [4.78, 5) is 20.7. The lowest BCUT2D eigenvalue weighted by atomic mass is 10.1. The quantitative estimate of drug-likeness (QED) is 0.493. The molecular weight excluding hydrogens is 318 g/mol. The molecule has 0 bridgehead atoms. The highest BCUT2D eigenvalue weighted by Gasteiger charge is 2.33. The Labute approximate surface area is 137 Å². The Bertz CT molecular complexity index is 753. The Morgan fingerprint density at radius 2 is 2.26 bits per heavy atom. The van der Waals surface area contributed by atoms with E-state index in [1.54, 1.807) is 25.4 Å². The fraction of sp³-hybridized carbons (Fsp3) is 0.333. The van der Waals surface area contributed by atoms with Gasteiger partial charge in [0.25, 0.3) is 0 Å². The highest BCUT2D eigenvalue weighted by atomic mass is 35.5. The Morgan fingerprint density at radius 1 is 1.48 bits per heavy atom. The van der Waals surface area contributed by atoms with Crippen molar-refractivity contribution in [2.75, 3.05) is 6.61 Å². The molecule has 0 atom stereocenters. The number of nitrogens with two attached hydrogens (primary N) is 1. The number of carbonyl (C=O) groups is 1. The summed E-state index contributed by atoms with van der Waals surface area (Å²) < 4.78 is 4.99. The fourth-order valence-electron chi connectivity index (χ4n) is 2.29. The zero-order valence-corrected chi connectivity index (χ0v) is 13.3. The van der Waals surface area contributed by atoms with Crippen LogP contribution in [0.1, 0.15) is 25.6 Å². The van der Waals surface area contributed by atoms with E-state index in [9.17, 15) is 4.79 Å². The number of esters is 1. The van der Waals surface area contributed by atoms with E-state index in [0.717, 1.165) is 18.4 Å². The molecule has 120 valence electrons. The molecule has 0 spiro atoms. The van der Waals surface area contributed by atoms with Gasteiger partial charge in [0.1, 0.15) is 10.9 Å². The van der Waals surface area contributed by atoms with Crippen molar-refractivity contribution >= 4 is 23.1 Å². The fourth-order valence-corrected chi connectivity index (χ4v) is 2.47. The zero-order chi connectivity index (χ0) is 16.4. The second kappa shape index (κ2) is 6.37. The van der Waals surface area contributed by atoms with Crippen molar-refractivity contribution in [2.24, 2.45) is 11.7 Å². The first-order valence-electron chi connectivity index (χ1n) is 7.31. The van der Waals surface area contributed by atoms with Crippen molar-refractivity contribution in [1.29, 1.82) is 0 Å². The molecule has 2 aromatic heterocycles. The first kappa shape index (κ1) is 15.5. The molecule has 7 nitrogen and oxygen atoms in total. The van der Waals surface area contributed by atoms with Gasteiger partial charge in [0.2, 0.25) is 0 Å². The third kappa shape index (κ3) is 3.34. The molecular formula is C15H16ClN5O2. The van der Waals surface area contributed by atoms with E-state index in [1.165, 1.54) is 0 Å². The van der Waals surface area contributed by atoms with E-state index >= 15 is 0 Å². The standard InChI is InChI=1S/C15H16ClN5O2/c1-2-23-15(22)13(17)12(8-3-4-8)14-20-10(5-11(16)21-14)9-6-18-19-7-9/h5-8H,2-4,17H2,1H3,(H,18,19)/b13-12-. The van der Waals surface area contributed by atoms with Gasteiger partial charge in [0.05, 0.1) is 18.5 Å². The van der Waals surface area contributed by atoms with Gasteiger partial charge in [-0.05, 0) is 25.7 Å². The molecule has 0 amide bonds. The summed E-state index contributed by atoms with van der Waals surface area (Å²) in [5.41, 5.74) is 8.05. The van der Waals surface area contributed by atoms with Gasteiger partial charge in [-0.1, -0.05) is 11.6 Å². The SMILES string of the molecule is CCOC(=O)/C(N)=C(/c1nc(Cl)cc(-c2cn[nH]c2)n1)C1CC1. The van der Waals surface area contributed by atoms with Crippen LogP contribution in [0, 0.1) is 5.92 Å². The van der Waals surface area contributed by atoms with Crippen molar-refractivity contribution in [2.45, 2.75) is 19.8 Å². The van der Waals surface area contributed by atoms with Crippen LogP contribution in [-0.4, -0.2) is 32.7 Å². The molecule has 2 heterocycles. The number of rotatable bonds is 5. The third-order valence-electron chi connectivity index (χ3n) is 3.50. The summed E-state index contributed by atoms with van der Waals surface area (Å²) in [6.07, 6.45) is 5.22. The lowest BCUT2D eigenvalue weighted by Gasteiger charge is -2.11. The van der Waals surface area contributed by atoms with Crippen LogP contribution in [0.4, 0.5) is 0 Å². The minimum atomic E-state index is -0.553. The molecule has 0 saturated heterocycles. The van der Waals surface area contributed by atoms with Gasteiger partial charge in [-0.3, -0.25) is 5.10 Å². The molecule has 8 heteroatoms. The van der Waals surface area contributed by atoms with Gasteiger partial charge in [-0.15, -0.1) is 0 Å². The topological polar surface area (TPSA) is 107 Å². The summed E-state index contributed by atoms with van der Waals surface area (Å²) in [6.45, 7) is 1.99. The number of hydrogen-bond donors (Lipinski definition) is 2. The molecule has 1 saturated carbocycles. The molecule has 2 aromatic rings. The normalized spacial score (nSPS) is 15.2. The van der Waals surface area contributed by atoms with Gasteiger partial charge in [-0.25, -0.2) is 14.8 Å². The monoisotopic (exact) mass is 333 g/mol. The first-order chi connectivity index (χ1) is 11.1. The van der Waals surface area contributed by atoms with Gasteiger partial charge in [-0.2, -0.15) is 5.10 Å². The van der Waals surface area contributed by atoms with E-state index in [1.807, 2.05) is 0 Å². The molecule has 1 aliphatic carbocycles. The number of nitrogens with one attached hydrogen (secondary N) is 1. The van der Waals surface area contributed by atoms with Crippen LogP contribution >= 0.6 is 11.6 Å². The van der Waals surface area contributed by atoms with Crippen LogP contribution in [-0.2, 0) is 9.53 Å². The van der Waals surface area contributed by atoms with E-state index in [4.69, 9.17) is 22.1 Å². The smallest absolute Gasteiger partial charge is 0.354 e. The number of halogens is 1. The van der Waals surface area contributed by atoms with Crippen LogP contribution < -0.4 is 5.73 Å². The second-order valence-electron chi connectivity index (χ2n) is 5.21. The number of aromatic amines is 1. The average Bonchev–Trinajstić information content (AvgIpc) is 3.19. The van der Waals surface area contributed by atoms with Crippen molar-refractivity contribution in [3.63, 3.8) is 0 Å². The molecule has 23 heavy (non-hydrogen) atoms. The number of nitrogens with zero attached hydrogens (tertiary/aromatic N) is 3. The van der Waals surface area contributed by atoms with Crippen LogP contribution in [0.3, 0.4) is 0 Å². The predicted octanol–water partition coefficient (Wildman–Crippen LogP) is 2.16. The summed E-state index contributed by atoms with van der Waals surface area (Å²) in [7, 11) is 0. The molecule has 0 aromatic carbocycles. The zero-order valence-electron chi connectivity index (χ0n) is 12.5. The number of carbonyl (C=O) groups excluding carboxylic acids is 1. The highest BCUT2D eigenvalue weighted by molar-refractivity contribution is 6.29. The second-order valence-corrected chi connectivity index (χ2v) is 5.60. The largest absolute Gasteiger partial charge is 0.461 e. The molecule has 0 radical (unpaired) electrons. The number of H-pyrrole nitrogens is 1. The summed E-state index contributed by atoms with van der Waals surface area (Å²) >= 11 is 6.12. The van der Waals surface area contributed by atoms with Crippen molar-refractivity contribution in [1.82, 2.24) is 20.2 Å². The number of allylic oxidation sites excluding steroid dienone is 1. The summed E-state index contributed by atoms with van der Waals surface area (Å²) in [5, 5.41) is 6.90. The van der Waals surface area contributed by atoms with Crippen LogP contribution in [0.5, 0.6) is 0 Å². The first-order valence-corrected chi connectivity index (χ1v) is 7.68. The molecule has 0 aliphatic heterocycles. The highest BCUT2D eigenvalue weighted by Crippen LogP contribution is 2.42. The Kier molecular flexibility index (Phi) is 4.29. The van der Waals surface area contributed by atoms with Gasteiger partial charge in [0, 0.05) is 23.4 Å². The Hall–Kier alpha value is -2.41. The molecule has 1 fully saturated rings. The van der Waals surface area contributed by atoms with Crippen molar-refractivity contribution < 1.29 is 9.53 Å². The maximum Gasteiger partial charge on any atom is 0.354 e.